The highest BCUT2D eigenvalue weighted by atomic mass is 16.5. The zero-order valence-corrected chi connectivity index (χ0v) is 14.6. The molecule has 0 unspecified atom stereocenters. The second kappa shape index (κ2) is 8.96. The maximum atomic E-state index is 12.0. The third-order valence-corrected chi connectivity index (χ3v) is 3.98. The van der Waals surface area contributed by atoms with E-state index in [4.69, 9.17) is 9.47 Å². The topological polar surface area (TPSA) is 47.6 Å². The van der Waals surface area contributed by atoms with Crippen molar-refractivity contribution in [2.24, 2.45) is 0 Å². The van der Waals surface area contributed by atoms with Crippen LogP contribution in [0.4, 0.5) is 0 Å². The SMILES string of the molecule is CCc1ccc(CC(=O)NCCc2ccc(OC)c(OC)c2)cc1. The molecule has 0 aromatic heterocycles. The maximum absolute atomic E-state index is 12.0. The van der Waals surface area contributed by atoms with E-state index in [0.29, 0.717) is 24.5 Å². The van der Waals surface area contributed by atoms with Crippen LogP contribution in [0.1, 0.15) is 23.6 Å². The number of rotatable bonds is 8. The molecule has 2 aromatic rings. The minimum Gasteiger partial charge on any atom is -0.493 e. The standard InChI is InChI=1S/C20H25NO3/c1-4-15-5-7-16(8-6-15)14-20(22)21-12-11-17-9-10-18(23-2)19(13-17)24-3/h5-10,13H,4,11-12,14H2,1-3H3,(H,21,22). The smallest absolute Gasteiger partial charge is 0.224 e. The van der Waals surface area contributed by atoms with Gasteiger partial charge >= 0.3 is 0 Å². The zero-order valence-electron chi connectivity index (χ0n) is 14.6. The molecule has 1 amide bonds. The van der Waals surface area contributed by atoms with Crippen LogP contribution >= 0.6 is 0 Å². The molecule has 128 valence electrons. The molecule has 0 aliphatic rings. The van der Waals surface area contributed by atoms with E-state index in [1.807, 2.05) is 30.3 Å². The first-order valence-corrected chi connectivity index (χ1v) is 8.21. The predicted molar refractivity (Wildman–Crippen MR) is 95.8 cm³/mol. The second-order valence-corrected chi connectivity index (χ2v) is 5.64. The van der Waals surface area contributed by atoms with E-state index in [-0.39, 0.29) is 5.91 Å². The third kappa shape index (κ3) is 5.01. The van der Waals surface area contributed by atoms with Crippen LogP contribution in [-0.4, -0.2) is 26.7 Å². The van der Waals surface area contributed by atoms with E-state index in [0.717, 1.165) is 24.0 Å². The predicted octanol–water partition coefficient (Wildman–Crippen LogP) is 3.17. The van der Waals surface area contributed by atoms with Crippen molar-refractivity contribution in [1.82, 2.24) is 5.32 Å². The number of hydrogen-bond donors (Lipinski definition) is 1. The van der Waals surface area contributed by atoms with E-state index in [1.54, 1.807) is 14.2 Å². The molecule has 0 aliphatic heterocycles. The Hall–Kier alpha value is -2.49. The van der Waals surface area contributed by atoms with Gasteiger partial charge in [-0.3, -0.25) is 4.79 Å². The monoisotopic (exact) mass is 327 g/mol. The van der Waals surface area contributed by atoms with Gasteiger partial charge in [-0.25, -0.2) is 0 Å². The molecular weight excluding hydrogens is 302 g/mol. The summed E-state index contributed by atoms with van der Waals surface area (Å²) in [4.78, 5) is 12.0. The Bertz CT molecular complexity index is 665. The third-order valence-electron chi connectivity index (χ3n) is 3.98. The number of ether oxygens (including phenoxy) is 2. The van der Waals surface area contributed by atoms with Crippen molar-refractivity contribution in [3.05, 3.63) is 59.2 Å². The maximum Gasteiger partial charge on any atom is 0.224 e. The van der Waals surface area contributed by atoms with Crippen molar-refractivity contribution in [3.8, 4) is 11.5 Å². The first kappa shape index (κ1) is 17.9. The fraction of sp³-hybridized carbons (Fsp3) is 0.350. The zero-order chi connectivity index (χ0) is 17.4. The summed E-state index contributed by atoms with van der Waals surface area (Å²) in [6, 6.07) is 14.0. The second-order valence-electron chi connectivity index (χ2n) is 5.64. The summed E-state index contributed by atoms with van der Waals surface area (Å²) in [6.07, 6.45) is 2.18. The summed E-state index contributed by atoms with van der Waals surface area (Å²) in [5.74, 6) is 1.46. The summed E-state index contributed by atoms with van der Waals surface area (Å²) in [5, 5.41) is 2.96. The van der Waals surface area contributed by atoms with Gasteiger partial charge in [0.25, 0.3) is 0 Å². The van der Waals surface area contributed by atoms with E-state index >= 15 is 0 Å². The lowest BCUT2D eigenvalue weighted by atomic mass is 10.1. The van der Waals surface area contributed by atoms with Crippen molar-refractivity contribution in [2.45, 2.75) is 26.2 Å². The summed E-state index contributed by atoms with van der Waals surface area (Å²) in [5.41, 5.74) is 3.42. The Labute approximate surface area is 143 Å². The molecule has 0 spiro atoms. The summed E-state index contributed by atoms with van der Waals surface area (Å²) in [7, 11) is 3.23. The van der Waals surface area contributed by atoms with Crippen molar-refractivity contribution in [1.29, 1.82) is 0 Å². The summed E-state index contributed by atoms with van der Waals surface area (Å²) < 4.78 is 10.5. The van der Waals surface area contributed by atoms with Gasteiger partial charge in [0.1, 0.15) is 0 Å². The number of methoxy groups -OCH3 is 2. The highest BCUT2D eigenvalue weighted by Gasteiger charge is 2.06. The number of amides is 1. The number of carbonyl (C=O) groups excluding carboxylic acids is 1. The van der Waals surface area contributed by atoms with Gasteiger partial charge in [-0.15, -0.1) is 0 Å². The molecule has 0 bridgehead atoms. The Morgan fingerprint density at radius 1 is 0.917 bits per heavy atom. The highest BCUT2D eigenvalue weighted by Crippen LogP contribution is 2.27. The minimum atomic E-state index is 0.0414. The molecule has 0 fully saturated rings. The van der Waals surface area contributed by atoms with Crippen molar-refractivity contribution in [3.63, 3.8) is 0 Å². The van der Waals surface area contributed by atoms with Crippen molar-refractivity contribution in [2.75, 3.05) is 20.8 Å². The fourth-order valence-electron chi connectivity index (χ4n) is 2.52. The molecule has 2 aromatic carbocycles. The molecule has 0 radical (unpaired) electrons. The molecule has 4 nitrogen and oxygen atoms in total. The van der Waals surface area contributed by atoms with Crippen LogP contribution in [-0.2, 0) is 24.1 Å². The van der Waals surface area contributed by atoms with Crippen LogP contribution in [0, 0.1) is 0 Å². The van der Waals surface area contributed by atoms with Crippen molar-refractivity contribution < 1.29 is 14.3 Å². The van der Waals surface area contributed by atoms with Gasteiger partial charge in [-0.05, 0) is 41.7 Å². The number of hydrogen-bond acceptors (Lipinski definition) is 3. The molecular formula is C20H25NO3. The Morgan fingerprint density at radius 3 is 2.17 bits per heavy atom. The fourth-order valence-corrected chi connectivity index (χ4v) is 2.52. The number of aryl methyl sites for hydroxylation is 1. The van der Waals surface area contributed by atoms with Gasteiger partial charge in [0, 0.05) is 6.54 Å². The van der Waals surface area contributed by atoms with Crippen LogP contribution in [0.2, 0.25) is 0 Å². The Morgan fingerprint density at radius 2 is 1.54 bits per heavy atom. The van der Waals surface area contributed by atoms with Gasteiger partial charge < -0.3 is 14.8 Å². The van der Waals surface area contributed by atoms with Crippen LogP contribution in [0.5, 0.6) is 11.5 Å². The van der Waals surface area contributed by atoms with Gasteiger partial charge in [0.15, 0.2) is 11.5 Å². The molecule has 1 N–H and O–H groups in total. The van der Waals surface area contributed by atoms with Gasteiger partial charge in [0.2, 0.25) is 5.91 Å². The largest absolute Gasteiger partial charge is 0.493 e. The molecule has 24 heavy (non-hydrogen) atoms. The highest BCUT2D eigenvalue weighted by molar-refractivity contribution is 5.78. The lowest BCUT2D eigenvalue weighted by Crippen LogP contribution is -2.27. The van der Waals surface area contributed by atoms with E-state index in [1.165, 1.54) is 5.56 Å². The number of benzene rings is 2. The average molecular weight is 327 g/mol. The lowest BCUT2D eigenvalue weighted by molar-refractivity contribution is -0.120. The minimum absolute atomic E-state index is 0.0414. The van der Waals surface area contributed by atoms with Crippen LogP contribution in [0.15, 0.2) is 42.5 Å². The van der Waals surface area contributed by atoms with Gasteiger partial charge in [-0.1, -0.05) is 37.3 Å². The van der Waals surface area contributed by atoms with Gasteiger partial charge in [-0.2, -0.15) is 0 Å². The molecule has 0 saturated carbocycles. The molecule has 0 aliphatic carbocycles. The lowest BCUT2D eigenvalue weighted by Gasteiger charge is -2.10. The van der Waals surface area contributed by atoms with Crippen LogP contribution in [0.3, 0.4) is 0 Å². The first-order valence-electron chi connectivity index (χ1n) is 8.21. The molecule has 0 heterocycles. The quantitative estimate of drug-likeness (QED) is 0.810. The van der Waals surface area contributed by atoms with E-state index < -0.39 is 0 Å². The Kier molecular flexibility index (Phi) is 6.67. The molecule has 0 saturated heterocycles. The summed E-state index contributed by atoms with van der Waals surface area (Å²) >= 11 is 0. The van der Waals surface area contributed by atoms with Crippen LogP contribution in [0.25, 0.3) is 0 Å². The number of carbonyl (C=O) groups is 1. The first-order chi connectivity index (χ1) is 11.7. The number of nitrogens with one attached hydrogen (secondary N) is 1. The summed E-state index contributed by atoms with van der Waals surface area (Å²) in [6.45, 7) is 2.72. The molecule has 0 atom stereocenters. The normalized spacial score (nSPS) is 10.3. The Balaban J connectivity index is 1.81. The van der Waals surface area contributed by atoms with Gasteiger partial charge in [0.05, 0.1) is 20.6 Å². The van der Waals surface area contributed by atoms with E-state index in [2.05, 4.69) is 24.4 Å². The van der Waals surface area contributed by atoms with Crippen molar-refractivity contribution >= 4 is 5.91 Å². The van der Waals surface area contributed by atoms with E-state index in [9.17, 15) is 4.79 Å². The van der Waals surface area contributed by atoms with Crippen LogP contribution < -0.4 is 14.8 Å². The molecule has 2 rings (SSSR count). The molecule has 4 heteroatoms. The average Bonchev–Trinajstić information content (AvgIpc) is 2.62.